The van der Waals surface area contributed by atoms with E-state index in [9.17, 15) is 4.39 Å². The summed E-state index contributed by atoms with van der Waals surface area (Å²) in [5.74, 6) is 6.24. The molecule has 18 heavy (non-hydrogen) atoms. The van der Waals surface area contributed by atoms with Crippen molar-refractivity contribution in [2.45, 2.75) is 33.2 Å². The molecular weight excluding hydrogens is 229 g/mol. The van der Waals surface area contributed by atoms with Gasteiger partial charge in [0.15, 0.2) is 0 Å². The summed E-state index contributed by atoms with van der Waals surface area (Å²) in [4.78, 5) is 0. The van der Waals surface area contributed by atoms with E-state index in [1.807, 2.05) is 13.8 Å². The highest BCUT2D eigenvalue weighted by Gasteiger charge is 2.11. The molecule has 0 amide bonds. The molecule has 0 saturated carbocycles. The van der Waals surface area contributed by atoms with Gasteiger partial charge in [0, 0.05) is 18.0 Å². The van der Waals surface area contributed by atoms with Crippen LogP contribution in [0.4, 0.5) is 4.39 Å². The zero-order valence-electron chi connectivity index (χ0n) is 11.2. The van der Waals surface area contributed by atoms with Gasteiger partial charge in [-0.25, -0.2) is 4.39 Å². The van der Waals surface area contributed by atoms with Crippen LogP contribution in [0.15, 0.2) is 18.2 Å². The minimum Gasteiger partial charge on any atom is -0.492 e. The highest BCUT2D eigenvalue weighted by Crippen LogP contribution is 2.26. The van der Waals surface area contributed by atoms with E-state index in [4.69, 9.17) is 4.74 Å². The Morgan fingerprint density at radius 3 is 2.89 bits per heavy atom. The summed E-state index contributed by atoms with van der Waals surface area (Å²) in [5, 5.41) is 3.26. The SMILES string of the molecule is CC#CCCOc1ccc(F)cc1C(C)NCC. The molecule has 3 heteroatoms. The molecule has 0 spiro atoms. The van der Waals surface area contributed by atoms with Crippen molar-refractivity contribution in [2.75, 3.05) is 13.2 Å². The van der Waals surface area contributed by atoms with Crippen molar-refractivity contribution in [1.82, 2.24) is 5.32 Å². The lowest BCUT2D eigenvalue weighted by molar-refractivity contribution is 0.319. The molecule has 0 heterocycles. The van der Waals surface area contributed by atoms with Crippen LogP contribution in [0.25, 0.3) is 0 Å². The maximum Gasteiger partial charge on any atom is 0.124 e. The van der Waals surface area contributed by atoms with Gasteiger partial charge in [0.2, 0.25) is 0 Å². The first-order valence-corrected chi connectivity index (χ1v) is 6.24. The Labute approximate surface area is 109 Å². The van der Waals surface area contributed by atoms with Gasteiger partial charge in [0.25, 0.3) is 0 Å². The van der Waals surface area contributed by atoms with Gasteiger partial charge >= 0.3 is 0 Å². The van der Waals surface area contributed by atoms with Gasteiger partial charge in [-0.1, -0.05) is 6.92 Å². The number of rotatable bonds is 6. The standard InChI is InChI=1S/C15H20FNO/c1-4-6-7-10-18-15-9-8-13(16)11-14(15)12(3)17-5-2/h8-9,11-12,17H,5,7,10H2,1-3H3. The zero-order chi connectivity index (χ0) is 13.4. The molecule has 1 aromatic rings. The van der Waals surface area contributed by atoms with Crippen LogP contribution in [0, 0.1) is 17.7 Å². The van der Waals surface area contributed by atoms with Crippen molar-refractivity contribution < 1.29 is 9.13 Å². The molecule has 0 aliphatic heterocycles. The fraction of sp³-hybridized carbons (Fsp3) is 0.467. The Morgan fingerprint density at radius 2 is 2.22 bits per heavy atom. The van der Waals surface area contributed by atoms with E-state index in [0.717, 1.165) is 17.9 Å². The lowest BCUT2D eigenvalue weighted by atomic mass is 10.1. The van der Waals surface area contributed by atoms with Gasteiger partial charge in [-0.2, -0.15) is 0 Å². The Kier molecular flexibility index (Phi) is 6.24. The average molecular weight is 249 g/mol. The summed E-state index contributed by atoms with van der Waals surface area (Å²) in [6.07, 6.45) is 0.683. The molecule has 0 radical (unpaired) electrons. The molecule has 0 fully saturated rings. The van der Waals surface area contributed by atoms with Gasteiger partial charge in [0.05, 0.1) is 6.61 Å². The minimum atomic E-state index is -0.240. The highest BCUT2D eigenvalue weighted by molar-refractivity contribution is 5.36. The average Bonchev–Trinajstić information content (AvgIpc) is 2.36. The van der Waals surface area contributed by atoms with Crippen molar-refractivity contribution in [3.63, 3.8) is 0 Å². The second kappa shape index (κ2) is 7.73. The first-order valence-electron chi connectivity index (χ1n) is 6.24. The Morgan fingerprint density at radius 1 is 1.44 bits per heavy atom. The van der Waals surface area contributed by atoms with E-state index >= 15 is 0 Å². The summed E-state index contributed by atoms with van der Waals surface area (Å²) >= 11 is 0. The number of hydrogen-bond acceptors (Lipinski definition) is 2. The third kappa shape index (κ3) is 4.38. The lowest BCUT2D eigenvalue weighted by Crippen LogP contribution is -2.18. The minimum absolute atomic E-state index is 0.0676. The van der Waals surface area contributed by atoms with E-state index in [1.165, 1.54) is 12.1 Å². The summed E-state index contributed by atoms with van der Waals surface area (Å²) in [7, 11) is 0. The maximum atomic E-state index is 13.3. The topological polar surface area (TPSA) is 21.3 Å². The number of ether oxygens (including phenoxy) is 1. The van der Waals surface area contributed by atoms with E-state index in [1.54, 1.807) is 13.0 Å². The first kappa shape index (κ1) is 14.5. The van der Waals surface area contributed by atoms with Crippen molar-refractivity contribution in [3.05, 3.63) is 29.6 Å². The summed E-state index contributed by atoms with van der Waals surface area (Å²) in [5.41, 5.74) is 0.848. The molecule has 0 aliphatic rings. The van der Waals surface area contributed by atoms with Crippen LogP contribution in [-0.4, -0.2) is 13.2 Å². The third-order valence-corrected chi connectivity index (χ3v) is 2.61. The van der Waals surface area contributed by atoms with Crippen LogP contribution in [0.2, 0.25) is 0 Å². The van der Waals surface area contributed by atoms with Crippen molar-refractivity contribution >= 4 is 0 Å². The molecule has 98 valence electrons. The van der Waals surface area contributed by atoms with Crippen LogP contribution in [0.5, 0.6) is 5.75 Å². The molecular formula is C15H20FNO. The fourth-order valence-corrected chi connectivity index (χ4v) is 1.74. The van der Waals surface area contributed by atoms with Gasteiger partial charge in [0.1, 0.15) is 11.6 Å². The summed E-state index contributed by atoms with van der Waals surface area (Å²) < 4.78 is 18.9. The van der Waals surface area contributed by atoms with Crippen LogP contribution >= 0.6 is 0 Å². The predicted molar refractivity (Wildman–Crippen MR) is 72.1 cm³/mol. The van der Waals surface area contributed by atoms with Crippen molar-refractivity contribution in [1.29, 1.82) is 0 Å². The molecule has 0 saturated heterocycles. The Balaban J connectivity index is 2.77. The van der Waals surface area contributed by atoms with E-state index in [-0.39, 0.29) is 11.9 Å². The molecule has 1 rings (SSSR count). The van der Waals surface area contributed by atoms with Crippen molar-refractivity contribution in [2.24, 2.45) is 0 Å². The number of hydrogen-bond donors (Lipinski definition) is 1. The third-order valence-electron chi connectivity index (χ3n) is 2.61. The number of halogens is 1. The van der Waals surface area contributed by atoms with Crippen LogP contribution in [0.3, 0.4) is 0 Å². The van der Waals surface area contributed by atoms with Gasteiger partial charge in [-0.15, -0.1) is 11.8 Å². The van der Waals surface area contributed by atoms with E-state index < -0.39 is 0 Å². The summed E-state index contributed by atoms with van der Waals surface area (Å²) in [6, 6.07) is 4.69. The van der Waals surface area contributed by atoms with Gasteiger partial charge < -0.3 is 10.1 Å². The lowest BCUT2D eigenvalue weighted by Gasteiger charge is -2.17. The molecule has 2 nitrogen and oxygen atoms in total. The van der Waals surface area contributed by atoms with Crippen LogP contribution in [0.1, 0.15) is 38.8 Å². The maximum absolute atomic E-state index is 13.3. The highest BCUT2D eigenvalue weighted by atomic mass is 19.1. The van der Waals surface area contributed by atoms with E-state index in [0.29, 0.717) is 13.0 Å². The predicted octanol–water partition coefficient (Wildman–Crippen LogP) is 3.29. The fourth-order valence-electron chi connectivity index (χ4n) is 1.74. The Hall–Kier alpha value is -1.53. The van der Waals surface area contributed by atoms with Crippen molar-refractivity contribution in [3.8, 4) is 17.6 Å². The van der Waals surface area contributed by atoms with E-state index in [2.05, 4.69) is 17.2 Å². The molecule has 0 aromatic heterocycles. The molecule has 0 aliphatic carbocycles. The van der Waals surface area contributed by atoms with Crippen LogP contribution in [-0.2, 0) is 0 Å². The normalized spacial score (nSPS) is 11.6. The first-order chi connectivity index (χ1) is 8.69. The number of nitrogens with one attached hydrogen (secondary N) is 1. The molecule has 0 bridgehead atoms. The summed E-state index contributed by atoms with van der Waals surface area (Å²) in [6.45, 7) is 7.18. The van der Waals surface area contributed by atoms with Gasteiger partial charge in [-0.3, -0.25) is 0 Å². The zero-order valence-corrected chi connectivity index (χ0v) is 11.2. The monoisotopic (exact) mass is 249 g/mol. The Bertz CT molecular complexity index is 434. The molecule has 1 unspecified atom stereocenters. The largest absolute Gasteiger partial charge is 0.492 e. The second-order valence-corrected chi connectivity index (χ2v) is 3.99. The quantitative estimate of drug-likeness (QED) is 0.617. The molecule has 1 atom stereocenters. The van der Waals surface area contributed by atoms with Crippen LogP contribution < -0.4 is 10.1 Å². The molecule has 1 N–H and O–H groups in total. The number of benzene rings is 1. The van der Waals surface area contributed by atoms with Gasteiger partial charge in [-0.05, 0) is 38.6 Å². The molecule has 1 aromatic carbocycles. The smallest absolute Gasteiger partial charge is 0.124 e. The second-order valence-electron chi connectivity index (χ2n) is 3.99.